The molecule has 2 N–H and O–H groups in total. The summed E-state index contributed by atoms with van der Waals surface area (Å²) in [6.45, 7) is 0.453. The topological polar surface area (TPSA) is 103 Å². The number of fused-ring (bicyclic) bond motifs is 2. The number of anilines is 3. The third-order valence-electron chi connectivity index (χ3n) is 6.27. The van der Waals surface area contributed by atoms with Gasteiger partial charge in [0, 0.05) is 22.5 Å². The lowest BCUT2D eigenvalue weighted by atomic mass is 10.1. The molecule has 4 aromatic carbocycles. The van der Waals surface area contributed by atoms with Crippen LogP contribution < -0.4 is 20.1 Å². The zero-order chi connectivity index (χ0) is 27.5. The van der Waals surface area contributed by atoms with Crippen LogP contribution in [0.2, 0.25) is 0 Å². The van der Waals surface area contributed by atoms with Gasteiger partial charge in [0.2, 0.25) is 0 Å². The van der Waals surface area contributed by atoms with Crippen LogP contribution in [0.15, 0.2) is 97.5 Å². The summed E-state index contributed by atoms with van der Waals surface area (Å²) < 4.78 is 26.3. The zero-order valence-corrected chi connectivity index (χ0v) is 21.3. The van der Waals surface area contributed by atoms with Gasteiger partial charge in [0.15, 0.2) is 0 Å². The Labute approximate surface area is 228 Å². The zero-order valence-electron chi connectivity index (χ0n) is 21.3. The summed E-state index contributed by atoms with van der Waals surface area (Å²) in [6, 6.07) is 24.5. The number of carbonyl (C=O) groups is 1. The largest absolute Gasteiger partial charge is 0.494 e. The van der Waals surface area contributed by atoms with Crippen molar-refractivity contribution in [2.24, 2.45) is 0 Å². The summed E-state index contributed by atoms with van der Waals surface area (Å²) in [5.41, 5.74) is 3.55. The molecule has 0 fully saturated rings. The van der Waals surface area contributed by atoms with Gasteiger partial charge in [-0.1, -0.05) is 30.3 Å². The third kappa shape index (κ3) is 5.23. The van der Waals surface area contributed by atoms with Gasteiger partial charge in [0.1, 0.15) is 29.5 Å². The lowest BCUT2D eigenvalue weighted by Crippen LogP contribution is -2.17. The standard InChI is InChI=1S/C30H23FN6O3/c1-39-28-15-25-24(14-26(28)36-30(38)40-23-8-3-2-4-9-23)29(33-18-32-25)35-22-10-11-27-20(13-22)16-34-37(27)17-19-6-5-7-21(31)12-19/h2-16,18H,17H2,1H3,(H,36,38)(H,32,33,35). The molecular weight excluding hydrogens is 511 g/mol. The quantitative estimate of drug-likeness (QED) is 0.240. The van der Waals surface area contributed by atoms with Gasteiger partial charge in [-0.25, -0.2) is 19.2 Å². The SMILES string of the molecule is COc1cc2ncnc(Nc3ccc4c(cnn4Cc4cccc(F)c4)c3)c2cc1NC(=O)Oc1ccccc1. The average Bonchev–Trinajstić information content (AvgIpc) is 3.35. The van der Waals surface area contributed by atoms with E-state index in [9.17, 15) is 9.18 Å². The van der Waals surface area contributed by atoms with Gasteiger partial charge in [0.25, 0.3) is 0 Å². The number of methoxy groups -OCH3 is 1. The molecule has 2 aromatic heterocycles. The second-order valence-corrected chi connectivity index (χ2v) is 8.95. The van der Waals surface area contributed by atoms with E-state index < -0.39 is 6.09 Å². The Bertz CT molecular complexity index is 1840. The molecule has 0 bridgehead atoms. The number of rotatable bonds is 7. The van der Waals surface area contributed by atoms with Gasteiger partial charge < -0.3 is 14.8 Å². The van der Waals surface area contributed by atoms with Crippen LogP contribution in [0.1, 0.15) is 5.56 Å². The number of aromatic nitrogens is 4. The maximum Gasteiger partial charge on any atom is 0.417 e. The number of halogens is 1. The number of hydrogen-bond acceptors (Lipinski definition) is 7. The van der Waals surface area contributed by atoms with Crippen molar-refractivity contribution in [2.45, 2.75) is 6.54 Å². The summed E-state index contributed by atoms with van der Waals surface area (Å²) in [7, 11) is 1.51. The summed E-state index contributed by atoms with van der Waals surface area (Å²) >= 11 is 0. The number of para-hydroxylation sites is 1. The minimum Gasteiger partial charge on any atom is -0.494 e. The average molecular weight is 535 g/mol. The molecule has 6 aromatic rings. The second-order valence-electron chi connectivity index (χ2n) is 8.95. The highest BCUT2D eigenvalue weighted by Gasteiger charge is 2.15. The first kappa shape index (κ1) is 24.8. The number of nitrogens with one attached hydrogen (secondary N) is 2. The smallest absolute Gasteiger partial charge is 0.417 e. The first-order chi connectivity index (χ1) is 19.6. The van der Waals surface area contributed by atoms with Gasteiger partial charge in [-0.15, -0.1) is 0 Å². The summed E-state index contributed by atoms with van der Waals surface area (Å²) in [5, 5.41) is 12.1. The Hall–Kier alpha value is -5.51. The lowest BCUT2D eigenvalue weighted by molar-refractivity contribution is 0.215. The molecular formula is C30H23FN6O3. The minimum absolute atomic E-state index is 0.276. The predicted molar refractivity (Wildman–Crippen MR) is 151 cm³/mol. The van der Waals surface area contributed by atoms with E-state index in [1.54, 1.807) is 48.7 Å². The number of benzene rings is 4. The van der Waals surface area contributed by atoms with Gasteiger partial charge in [-0.2, -0.15) is 5.10 Å². The van der Waals surface area contributed by atoms with Crippen molar-refractivity contribution in [1.82, 2.24) is 19.7 Å². The highest BCUT2D eigenvalue weighted by atomic mass is 19.1. The molecule has 0 saturated heterocycles. The van der Waals surface area contributed by atoms with Crippen molar-refractivity contribution in [1.29, 1.82) is 0 Å². The van der Waals surface area contributed by atoms with Crippen molar-refractivity contribution in [3.05, 3.63) is 109 Å². The molecule has 2 heterocycles. The van der Waals surface area contributed by atoms with E-state index in [1.165, 1.54) is 25.6 Å². The molecule has 6 rings (SSSR count). The van der Waals surface area contributed by atoms with Gasteiger partial charge in [-0.05, 0) is 54.1 Å². The molecule has 0 aliphatic heterocycles. The van der Waals surface area contributed by atoms with Crippen LogP contribution in [-0.2, 0) is 6.54 Å². The molecule has 0 aliphatic carbocycles. The van der Waals surface area contributed by atoms with Crippen LogP contribution in [0.5, 0.6) is 11.5 Å². The number of carbonyl (C=O) groups excluding carboxylic acids is 1. The molecule has 0 atom stereocenters. The Kier molecular flexibility index (Phi) is 6.63. The number of nitrogens with zero attached hydrogens (tertiary/aromatic N) is 4. The Morgan fingerprint density at radius 3 is 2.67 bits per heavy atom. The lowest BCUT2D eigenvalue weighted by Gasteiger charge is -2.14. The minimum atomic E-state index is -0.657. The van der Waals surface area contributed by atoms with E-state index in [0.29, 0.717) is 40.5 Å². The molecule has 1 amide bonds. The predicted octanol–water partition coefficient (Wildman–Crippen LogP) is 6.53. The van der Waals surface area contributed by atoms with Gasteiger partial charge in [0.05, 0.1) is 36.6 Å². The molecule has 0 unspecified atom stereocenters. The molecule has 10 heteroatoms. The van der Waals surface area contributed by atoms with Crippen LogP contribution in [0.25, 0.3) is 21.8 Å². The highest BCUT2D eigenvalue weighted by Crippen LogP contribution is 2.33. The molecule has 0 aliphatic rings. The first-order valence-corrected chi connectivity index (χ1v) is 12.4. The molecule has 9 nitrogen and oxygen atoms in total. The normalized spacial score (nSPS) is 10.9. The fraction of sp³-hybridized carbons (Fsp3) is 0.0667. The maximum atomic E-state index is 13.6. The summed E-state index contributed by atoms with van der Waals surface area (Å²) in [5.74, 6) is 1.11. The monoisotopic (exact) mass is 534 g/mol. The Balaban J connectivity index is 1.27. The summed E-state index contributed by atoms with van der Waals surface area (Å²) in [4.78, 5) is 21.4. The van der Waals surface area contributed by atoms with Crippen molar-refractivity contribution in [3.63, 3.8) is 0 Å². The van der Waals surface area contributed by atoms with E-state index >= 15 is 0 Å². The fourth-order valence-corrected chi connectivity index (χ4v) is 4.42. The van der Waals surface area contributed by atoms with Crippen molar-refractivity contribution >= 4 is 45.1 Å². The molecule has 0 radical (unpaired) electrons. The van der Waals surface area contributed by atoms with E-state index in [-0.39, 0.29) is 5.82 Å². The van der Waals surface area contributed by atoms with Crippen LogP contribution in [0.3, 0.4) is 0 Å². The van der Waals surface area contributed by atoms with Crippen molar-refractivity contribution in [2.75, 3.05) is 17.7 Å². The Morgan fingerprint density at radius 2 is 1.85 bits per heavy atom. The first-order valence-electron chi connectivity index (χ1n) is 12.4. The summed E-state index contributed by atoms with van der Waals surface area (Å²) in [6.07, 6.45) is 2.57. The Morgan fingerprint density at radius 1 is 0.975 bits per heavy atom. The van der Waals surface area contributed by atoms with Crippen LogP contribution in [-0.4, -0.2) is 33.0 Å². The van der Waals surface area contributed by atoms with Crippen molar-refractivity contribution in [3.8, 4) is 11.5 Å². The fourth-order valence-electron chi connectivity index (χ4n) is 4.42. The molecule has 0 saturated carbocycles. The van der Waals surface area contributed by atoms with Crippen LogP contribution in [0, 0.1) is 5.82 Å². The third-order valence-corrected chi connectivity index (χ3v) is 6.27. The van der Waals surface area contributed by atoms with E-state index in [0.717, 1.165) is 22.2 Å². The van der Waals surface area contributed by atoms with E-state index in [4.69, 9.17) is 9.47 Å². The molecule has 198 valence electrons. The number of hydrogen-bond donors (Lipinski definition) is 2. The number of ether oxygens (including phenoxy) is 2. The maximum absolute atomic E-state index is 13.6. The number of amides is 1. The van der Waals surface area contributed by atoms with Crippen LogP contribution >= 0.6 is 0 Å². The molecule has 0 spiro atoms. The van der Waals surface area contributed by atoms with Crippen LogP contribution in [0.4, 0.5) is 26.4 Å². The van der Waals surface area contributed by atoms with E-state index in [2.05, 4.69) is 25.7 Å². The van der Waals surface area contributed by atoms with Gasteiger partial charge >= 0.3 is 6.09 Å². The highest BCUT2D eigenvalue weighted by molar-refractivity contribution is 5.98. The van der Waals surface area contributed by atoms with E-state index in [1.807, 2.05) is 35.0 Å². The van der Waals surface area contributed by atoms with Crippen molar-refractivity contribution < 1.29 is 18.7 Å². The molecule has 40 heavy (non-hydrogen) atoms. The van der Waals surface area contributed by atoms with Gasteiger partial charge in [-0.3, -0.25) is 10.00 Å². The second kappa shape index (κ2) is 10.7.